The molecule has 0 saturated heterocycles. The molecule has 68 valence electrons. The Morgan fingerprint density at radius 3 is 2.46 bits per heavy atom. The highest BCUT2D eigenvalue weighted by Gasteiger charge is 2.37. The van der Waals surface area contributed by atoms with Crippen molar-refractivity contribution in [2.24, 2.45) is 5.18 Å². The molecule has 0 radical (unpaired) electrons. The number of nitrogens with zero attached hydrogens (tertiary/aromatic N) is 1. The predicted octanol–water partition coefficient (Wildman–Crippen LogP) is 3.22. The number of halogens is 1. The van der Waals surface area contributed by atoms with Gasteiger partial charge in [0.1, 0.15) is 6.04 Å². The summed E-state index contributed by atoms with van der Waals surface area (Å²) < 4.78 is 0. The highest BCUT2D eigenvalue weighted by atomic mass is 35.5. The average Bonchev–Trinajstić information content (AvgIpc) is 2.41. The van der Waals surface area contributed by atoms with Crippen LogP contribution >= 0.6 is 11.6 Å². The van der Waals surface area contributed by atoms with Gasteiger partial charge in [-0.3, -0.25) is 0 Å². The first-order valence-corrected chi connectivity index (χ1v) is 4.74. The van der Waals surface area contributed by atoms with Gasteiger partial charge in [-0.1, -0.05) is 36.4 Å². The molecule has 0 aliphatic heterocycles. The number of hydrogen-bond donors (Lipinski definition) is 0. The Kier molecular flexibility index (Phi) is 2.08. The topological polar surface area (TPSA) is 29.4 Å². The molecule has 0 spiro atoms. The van der Waals surface area contributed by atoms with Crippen molar-refractivity contribution in [2.45, 2.75) is 24.3 Å². The van der Waals surface area contributed by atoms with E-state index in [-0.39, 0.29) is 17.3 Å². The fourth-order valence-electron chi connectivity index (χ4n) is 1.94. The summed E-state index contributed by atoms with van der Waals surface area (Å²) in [5.41, 5.74) is 2.22. The van der Waals surface area contributed by atoms with Gasteiger partial charge in [0.25, 0.3) is 0 Å². The number of rotatable bonds is 1. The van der Waals surface area contributed by atoms with Crippen LogP contribution in [0.15, 0.2) is 29.4 Å². The van der Waals surface area contributed by atoms with Gasteiger partial charge < -0.3 is 0 Å². The van der Waals surface area contributed by atoms with Crippen molar-refractivity contribution in [3.63, 3.8) is 0 Å². The smallest absolute Gasteiger partial charge is 0.119 e. The number of nitroso groups, excluding NO2 is 1. The van der Waals surface area contributed by atoms with Crippen LogP contribution in [0.1, 0.15) is 29.3 Å². The molecule has 1 aliphatic rings. The van der Waals surface area contributed by atoms with E-state index in [1.165, 1.54) is 0 Å². The van der Waals surface area contributed by atoms with Gasteiger partial charge >= 0.3 is 0 Å². The van der Waals surface area contributed by atoms with E-state index in [1.807, 2.05) is 31.2 Å². The normalized spacial score (nSPS) is 31.4. The van der Waals surface area contributed by atoms with E-state index in [1.54, 1.807) is 0 Å². The molecule has 0 N–H and O–H groups in total. The van der Waals surface area contributed by atoms with Crippen LogP contribution in [0.5, 0.6) is 0 Å². The third-order valence-corrected chi connectivity index (χ3v) is 3.21. The first-order valence-electron chi connectivity index (χ1n) is 4.31. The maximum atomic E-state index is 10.6. The molecule has 1 aliphatic carbocycles. The van der Waals surface area contributed by atoms with Gasteiger partial charge in [0.15, 0.2) is 0 Å². The number of hydrogen-bond acceptors (Lipinski definition) is 2. The third kappa shape index (κ3) is 1.17. The van der Waals surface area contributed by atoms with Crippen molar-refractivity contribution in [2.75, 3.05) is 0 Å². The van der Waals surface area contributed by atoms with Gasteiger partial charge in [-0.15, -0.1) is 11.6 Å². The quantitative estimate of drug-likeness (QED) is 0.500. The van der Waals surface area contributed by atoms with Gasteiger partial charge in [-0.25, -0.2) is 0 Å². The van der Waals surface area contributed by atoms with Crippen LogP contribution in [-0.2, 0) is 0 Å². The molecule has 3 unspecified atom stereocenters. The van der Waals surface area contributed by atoms with Crippen molar-refractivity contribution < 1.29 is 0 Å². The minimum atomic E-state index is -0.306. The van der Waals surface area contributed by atoms with Gasteiger partial charge in [0, 0.05) is 5.92 Å². The Hall–Kier alpha value is -0.890. The van der Waals surface area contributed by atoms with Gasteiger partial charge in [-0.05, 0) is 11.1 Å². The maximum absolute atomic E-state index is 10.6. The third-order valence-electron chi connectivity index (χ3n) is 2.72. The maximum Gasteiger partial charge on any atom is 0.119 e. The molecule has 0 heterocycles. The number of fused-ring (bicyclic) bond motifs is 1. The van der Waals surface area contributed by atoms with Crippen molar-refractivity contribution in [1.82, 2.24) is 0 Å². The molecule has 0 bridgehead atoms. The summed E-state index contributed by atoms with van der Waals surface area (Å²) >= 11 is 6.11. The second-order valence-electron chi connectivity index (χ2n) is 3.42. The van der Waals surface area contributed by atoms with E-state index >= 15 is 0 Å². The van der Waals surface area contributed by atoms with E-state index in [9.17, 15) is 4.91 Å². The highest BCUT2D eigenvalue weighted by Crippen LogP contribution is 2.45. The van der Waals surface area contributed by atoms with E-state index in [4.69, 9.17) is 11.6 Å². The minimum Gasteiger partial charge on any atom is -0.150 e. The van der Waals surface area contributed by atoms with Gasteiger partial charge in [0.2, 0.25) is 0 Å². The Labute approximate surface area is 81.9 Å². The Balaban J connectivity index is 2.50. The van der Waals surface area contributed by atoms with Crippen molar-refractivity contribution in [1.29, 1.82) is 0 Å². The zero-order valence-electron chi connectivity index (χ0n) is 7.27. The molecule has 2 nitrogen and oxygen atoms in total. The Bertz CT molecular complexity index is 310. The summed E-state index contributed by atoms with van der Waals surface area (Å²) in [6.07, 6.45) is 0. The first kappa shape index (κ1) is 8.70. The first-order chi connectivity index (χ1) is 6.25. The lowest BCUT2D eigenvalue weighted by Crippen LogP contribution is -2.09. The molecule has 0 amide bonds. The molecule has 3 atom stereocenters. The van der Waals surface area contributed by atoms with Crippen molar-refractivity contribution in [3.05, 3.63) is 40.3 Å². The molecule has 1 aromatic rings. The van der Waals surface area contributed by atoms with Crippen LogP contribution in [0.25, 0.3) is 0 Å². The summed E-state index contributed by atoms with van der Waals surface area (Å²) in [4.78, 5) is 10.6. The van der Waals surface area contributed by atoms with Gasteiger partial charge in [0.05, 0.1) is 5.38 Å². The molecule has 1 aromatic carbocycles. The van der Waals surface area contributed by atoms with Crippen molar-refractivity contribution >= 4 is 11.6 Å². The predicted molar refractivity (Wildman–Crippen MR) is 53.0 cm³/mol. The van der Waals surface area contributed by atoms with Gasteiger partial charge in [-0.2, -0.15) is 4.91 Å². The summed E-state index contributed by atoms with van der Waals surface area (Å²) in [5, 5.41) is 2.84. The molecule has 0 aromatic heterocycles. The number of alkyl halides is 1. The minimum absolute atomic E-state index is 0.149. The lowest BCUT2D eigenvalue weighted by Gasteiger charge is -2.08. The SMILES string of the molecule is CC1c2ccccc2C(Cl)C1N=O. The summed E-state index contributed by atoms with van der Waals surface area (Å²) in [7, 11) is 0. The van der Waals surface area contributed by atoms with Crippen LogP contribution in [0.3, 0.4) is 0 Å². The molecule has 2 rings (SSSR count). The standard InChI is InChI=1S/C10H10ClNO/c1-6-7-4-2-3-5-8(7)9(11)10(6)12-13/h2-6,9-10H,1H3. The Morgan fingerprint density at radius 2 is 1.92 bits per heavy atom. The fourth-order valence-corrected chi connectivity index (χ4v) is 2.41. The monoisotopic (exact) mass is 195 g/mol. The van der Waals surface area contributed by atoms with E-state index < -0.39 is 0 Å². The number of benzene rings is 1. The van der Waals surface area contributed by atoms with E-state index in [2.05, 4.69) is 5.18 Å². The summed E-state index contributed by atoms with van der Waals surface area (Å²) in [6, 6.07) is 7.58. The largest absolute Gasteiger partial charge is 0.150 e. The lowest BCUT2D eigenvalue weighted by molar-refractivity contribution is 0.600. The second-order valence-corrected chi connectivity index (χ2v) is 3.89. The molecular weight excluding hydrogens is 186 g/mol. The molecule has 0 fully saturated rings. The zero-order chi connectivity index (χ0) is 9.42. The van der Waals surface area contributed by atoms with Crippen LogP contribution in [0.4, 0.5) is 0 Å². The molecular formula is C10H10ClNO. The van der Waals surface area contributed by atoms with Crippen LogP contribution in [0, 0.1) is 4.91 Å². The second kappa shape index (κ2) is 3.11. The lowest BCUT2D eigenvalue weighted by atomic mass is 10.0. The average molecular weight is 196 g/mol. The van der Waals surface area contributed by atoms with Crippen molar-refractivity contribution in [3.8, 4) is 0 Å². The highest BCUT2D eigenvalue weighted by molar-refractivity contribution is 6.21. The molecule has 13 heavy (non-hydrogen) atoms. The van der Waals surface area contributed by atoms with Crippen LogP contribution in [-0.4, -0.2) is 6.04 Å². The molecule has 3 heteroatoms. The Morgan fingerprint density at radius 1 is 1.31 bits per heavy atom. The summed E-state index contributed by atoms with van der Waals surface area (Å²) in [6.45, 7) is 1.99. The fraction of sp³-hybridized carbons (Fsp3) is 0.400. The summed E-state index contributed by atoms with van der Waals surface area (Å²) in [5.74, 6) is 0.149. The molecule has 0 saturated carbocycles. The van der Waals surface area contributed by atoms with E-state index in [0.29, 0.717) is 0 Å². The van der Waals surface area contributed by atoms with E-state index in [0.717, 1.165) is 11.1 Å². The van der Waals surface area contributed by atoms with Crippen LogP contribution < -0.4 is 0 Å². The zero-order valence-corrected chi connectivity index (χ0v) is 8.03. The van der Waals surface area contributed by atoms with Crippen LogP contribution in [0.2, 0.25) is 0 Å².